The van der Waals surface area contributed by atoms with E-state index >= 15 is 0 Å². The van der Waals surface area contributed by atoms with E-state index in [-0.39, 0.29) is 5.75 Å². The highest BCUT2D eigenvalue weighted by Gasteiger charge is 2.03. The predicted molar refractivity (Wildman–Crippen MR) is 54.1 cm³/mol. The largest absolute Gasteiger partial charge is 0.382 e. The summed E-state index contributed by atoms with van der Waals surface area (Å²) in [5, 5.41) is 14.0. The van der Waals surface area contributed by atoms with Crippen molar-refractivity contribution in [2.45, 2.75) is 6.42 Å². The third kappa shape index (κ3) is 3.62. The quantitative estimate of drug-likeness (QED) is 0.476. The lowest BCUT2D eigenvalue weighted by molar-refractivity contribution is 0.596. The first-order chi connectivity index (χ1) is 6.49. The van der Waals surface area contributed by atoms with E-state index in [1.165, 1.54) is 6.20 Å². The molecular weight excluding hydrogens is 206 g/mol. The monoisotopic (exact) mass is 219 g/mol. The number of aromatic amines is 1. The molecule has 0 radical (unpaired) electrons. The van der Waals surface area contributed by atoms with Gasteiger partial charge < -0.3 is 11.1 Å². The van der Waals surface area contributed by atoms with E-state index < -0.39 is 10.0 Å². The minimum absolute atomic E-state index is 0.0439. The summed E-state index contributed by atoms with van der Waals surface area (Å²) in [7, 11) is -3.37. The Labute approximate surface area is 81.9 Å². The fourth-order valence-electron chi connectivity index (χ4n) is 0.933. The molecule has 14 heavy (non-hydrogen) atoms. The van der Waals surface area contributed by atoms with Gasteiger partial charge in [0.25, 0.3) is 0 Å². The van der Waals surface area contributed by atoms with E-state index in [9.17, 15) is 8.42 Å². The van der Waals surface area contributed by atoms with Gasteiger partial charge in [-0.15, -0.1) is 0 Å². The van der Waals surface area contributed by atoms with Gasteiger partial charge in [-0.1, -0.05) is 0 Å². The number of hydrogen-bond acceptors (Lipinski definition) is 5. The van der Waals surface area contributed by atoms with Crippen LogP contribution >= 0.6 is 0 Å². The van der Waals surface area contributed by atoms with Crippen LogP contribution in [0.15, 0.2) is 6.20 Å². The molecule has 0 aromatic carbocycles. The summed E-state index contributed by atoms with van der Waals surface area (Å²) >= 11 is 0. The molecule has 6 N–H and O–H groups in total. The lowest BCUT2D eigenvalue weighted by Gasteiger charge is -2.03. The molecule has 0 spiro atoms. The van der Waals surface area contributed by atoms with E-state index in [1.54, 1.807) is 0 Å². The van der Waals surface area contributed by atoms with Gasteiger partial charge in [-0.25, -0.2) is 13.6 Å². The van der Waals surface area contributed by atoms with Crippen molar-refractivity contribution in [3.63, 3.8) is 0 Å². The molecule has 7 nitrogen and oxygen atoms in total. The van der Waals surface area contributed by atoms with E-state index in [0.717, 1.165) is 0 Å². The van der Waals surface area contributed by atoms with Crippen LogP contribution in [-0.4, -0.2) is 30.9 Å². The number of sulfonamides is 1. The molecule has 0 bridgehead atoms. The van der Waals surface area contributed by atoms with Crippen LogP contribution in [0.4, 0.5) is 11.5 Å². The van der Waals surface area contributed by atoms with Crippen molar-refractivity contribution in [1.82, 2.24) is 10.2 Å². The summed E-state index contributed by atoms with van der Waals surface area (Å²) in [6.45, 7) is 0.486. The first-order valence-corrected chi connectivity index (χ1v) is 5.74. The molecule has 1 aromatic rings. The van der Waals surface area contributed by atoms with Gasteiger partial charge >= 0.3 is 0 Å². The van der Waals surface area contributed by atoms with E-state index in [0.29, 0.717) is 24.5 Å². The average Bonchev–Trinajstić information content (AvgIpc) is 2.44. The molecule has 0 aliphatic rings. The van der Waals surface area contributed by atoms with Gasteiger partial charge in [0.05, 0.1) is 17.6 Å². The summed E-state index contributed by atoms with van der Waals surface area (Å²) < 4.78 is 21.1. The molecule has 0 aliphatic heterocycles. The van der Waals surface area contributed by atoms with Gasteiger partial charge in [0.15, 0.2) is 0 Å². The van der Waals surface area contributed by atoms with Crippen LogP contribution in [0.1, 0.15) is 6.42 Å². The number of hydrogen-bond donors (Lipinski definition) is 4. The SMILES string of the molecule is Nc1[nH]ncc1NCCCS(N)(=O)=O. The van der Waals surface area contributed by atoms with Gasteiger partial charge in [-0.05, 0) is 6.42 Å². The van der Waals surface area contributed by atoms with Crippen molar-refractivity contribution in [3.8, 4) is 0 Å². The lowest BCUT2D eigenvalue weighted by atomic mass is 10.4. The van der Waals surface area contributed by atoms with Crippen LogP contribution in [0.5, 0.6) is 0 Å². The second kappa shape index (κ2) is 4.29. The smallest absolute Gasteiger partial charge is 0.209 e. The zero-order chi connectivity index (χ0) is 10.6. The highest BCUT2D eigenvalue weighted by Crippen LogP contribution is 2.12. The van der Waals surface area contributed by atoms with Crippen molar-refractivity contribution < 1.29 is 8.42 Å². The van der Waals surface area contributed by atoms with Crippen LogP contribution in [-0.2, 0) is 10.0 Å². The molecule has 8 heteroatoms. The molecule has 1 heterocycles. The molecule has 1 aromatic heterocycles. The van der Waals surface area contributed by atoms with Crippen LogP contribution in [0.25, 0.3) is 0 Å². The van der Waals surface area contributed by atoms with E-state index in [2.05, 4.69) is 15.5 Å². The standard InChI is InChI=1S/C6H13N5O2S/c7-6-5(4-10-11-6)9-2-1-3-14(8,12)13/h4,9H,1-3H2,(H3,7,10,11)(H2,8,12,13). The Morgan fingerprint density at radius 1 is 1.57 bits per heavy atom. The first kappa shape index (κ1) is 10.8. The number of primary sulfonamides is 1. The summed E-state index contributed by atoms with van der Waals surface area (Å²) in [6.07, 6.45) is 1.97. The van der Waals surface area contributed by atoms with Crippen molar-refractivity contribution in [3.05, 3.63) is 6.20 Å². The minimum atomic E-state index is -3.37. The maximum Gasteiger partial charge on any atom is 0.209 e. The van der Waals surface area contributed by atoms with Crippen molar-refractivity contribution >= 4 is 21.5 Å². The van der Waals surface area contributed by atoms with Gasteiger partial charge in [0.1, 0.15) is 5.82 Å². The normalized spacial score (nSPS) is 11.5. The number of anilines is 2. The van der Waals surface area contributed by atoms with Gasteiger partial charge in [-0.3, -0.25) is 5.10 Å². The highest BCUT2D eigenvalue weighted by molar-refractivity contribution is 7.89. The summed E-state index contributed by atoms with van der Waals surface area (Å²) in [4.78, 5) is 0. The number of nitrogen functional groups attached to an aromatic ring is 1. The fraction of sp³-hybridized carbons (Fsp3) is 0.500. The van der Waals surface area contributed by atoms with E-state index in [4.69, 9.17) is 10.9 Å². The molecule has 0 saturated heterocycles. The summed E-state index contributed by atoms with van der Waals surface area (Å²) in [6, 6.07) is 0. The van der Waals surface area contributed by atoms with Crippen LogP contribution in [0, 0.1) is 0 Å². The second-order valence-corrected chi connectivity index (χ2v) is 4.58. The molecule has 0 aliphatic carbocycles. The van der Waals surface area contributed by atoms with Gasteiger partial charge in [-0.2, -0.15) is 5.10 Å². The Kier molecular flexibility index (Phi) is 3.31. The van der Waals surface area contributed by atoms with Crippen LogP contribution < -0.4 is 16.2 Å². The molecule has 0 atom stereocenters. The van der Waals surface area contributed by atoms with Crippen molar-refractivity contribution in [2.24, 2.45) is 5.14 Å². The fourth-order valence-corrected chi connectivity index (χ4v) is 1.48. The summed E-state index contributed by atoms with van der Waals surface area (Å²) in [5.41, 5.74) is 6.15. The zero-order valence-electron chi connectivity index (χ0n) is 7.53. The number of rotatable bonds is 5. The Morgan fingerprint density at radius 2 is 2.29 bits per heavy atom. The number of aromatic nitrogens is 2. The topological polar surface area (TPSA) is 127 Å². The third-order valence-corrected chi connectivity index (χ3v) is 2.45. The second-order valence-electron chi connectivity index (χ2n) is 2.84. The Hall–Kier alpha value is -1.28. The molecule has 0 amide bonds. The third-order valence-electron chi connectivity index (χ3n) is 1.59. The van der Waals surface area contributed by atoms with E-state index in [1.807, 2.05) is 0 Å². The predicted octanol–water partition coefficient (Wildman–Crippen LogP) is -0.918. The maximum absolute atomic E-state index is 10.6. The minimum Gasteiger partial charge on any atom is -0.382 e. The zero-order valence-corrected chi connectivity index (χ0v) is 8.34. The Balaban J connectivity index is 2.26. The maximum atomic E-state index is 10.6. The van der Waals surface area contributed by atoms with Gasteiger partial charge in [0.2, 0.25) is 10.0 Å². The molecule has 0 saturated carbocycles. The Morgan fingerprint density at radius 3 is 2.79 bits per heavy atom. The molecule has 0 fully saturated rings. The molecular formula is C6H13N5O2S. The van der Waals surface area contributed by atoms with Crippen LogP contribution in [0.2, 0.25) is 0 Å². The van der Waals surface area contributed by atoms with Gasteiger partial charge in [0, 0.05) is 6.54 Å². The molecule has 1 rings (SSSR count). The summed E-state index contributed by atoms with van der Waals surface area (Å²) in [5.74, 6) is 0.387. The molecule has 0 unspecified atom stereocenters. The van der Waals surface area contributed by atoms with Crippen molar-refractivity contribution in [1.29, 1.82) is 0 Å². The Bertz CT molecular complexity index is 385. The molecule has 80 valence electrons. The number of nitrogens with one attached hydrogen (secondary N) is 2. The first-order valence-electron chi connectivity index (χ1n) is 4.02. The average molecular weight is 219 g/mol. The van der Waals surface area contributed by atoms with Crippen molar-refractivity contribution in [2.75, 3.05) is 23.3 Å². The lowest BCUT2D eigenvalue weighted by Crippen LogP contribution is -2.18. The number of nitrogens with two attached hydrogens (primary N) is 2. The number of nitrogens with zero attached hydrogens (tertiary/aromatic N) is 1. The number of H-pyrrole nitrogens is 1. The van der Waals surface area contributed by atoms with Crippen LogP contribution in [0.3, 0.4) is 0 Å². The highest BCUT2D eigenvalue weighted by atomic mass is 32.2.